The molecule has 136 valence electrons. The number of anilines is 1. The molecule has 0 saturated carbocycles. The predicted molar refractivity (Wildman–Crippen MR) is 97.8 cm³/mol. The van der Waals surface area contributed by atoms with Crippen LogP contribution in [0.15, 0.2) is 46.0 Å². The van der Waals surface area contributed by atoms with Gasteiger partial charge in [-0.05, 0) is 30.0 Å². The van der Waals surface area contributed by atoms with Gasteiger partial charge in [0.25, 0.3) is 10.0 Å². The third kappa shape index (κ3) is 5.02. The van der Waals surface area contributed by atoms with E-state index in [0.29, 0.717) is 6.54 Å². The molecule has 0 saturated heterocycles. The van der Waals surface area contributed by atoms with E-state index in [9.17, 15) is 17.6 Å². The number of thiophene rings is 1. The van der Waals surface area contributed by atoms with Crippen LogP contribution in [0.5, 0.6) is 0 Å². The largest absolute Gasteiger partial charge is 0.355 e. The molecule has 1 N–H and O–H groups in total. The molecule has 2 aromatic rings. The summed E-state index contributed by atoms with van der Waals surface area (Å²) in [5.74, 6) is -1.15. The molecule has 8 heteroatoms. The van der Waals surface area contributed by atoms with Gasteiger partial charge in [-0.1, -0.05) is 38.0 Å². The predicted octanol–water partition coefficient (Wildman–Crippen LogP) is 3.39. The first-order valence-corrected chi connectivity index (χ1v) is 10.4. The molecule has 0 unspecified atom stereocenters. The first-order chi connectivity index (χ1) is 12.0. The van der Waals surface area contributed by atoms with Crippen LogP contribution in [0, 0.1) is 5.82 Å². The quantitative estimate of drug-likeness (QED) is 0.674. The highest BCUT2D eigenvalue weighted by atomic mass is 32.2. The fourth-order valence-corrected chi connectivity index (χ4v) is 4.79. The third-order valence-corrected chi connectivity index (χ3v) is 6.68. The number of sulfonamides is 1. The molecular weight excluding hydrogens is 363 g/mol. The number of carbonyl (C=O) groups excluding carboxylic acids is 1. The summed E-state index contributed by atoms with van der Waals surface area (Å²) in [4.78, 5) is 12.2. The summed E-state index contributed by atoms with van der Waals surface area (Å²) in [7, 11) is -4.01. The van der Waals surface area contributed by atoms with Gasteiger partial charge in [0.1, 0.15) is 16.6 Å². The molecule has 1 aromatic heterocycles. The number of benzene rings is 1. The molecule has 5 nitrogen and oxygen atoms in total. The molecule has 0 bridgehead atoms. The fourth-order valence-electron chi connectivity index (χ4n) is 2.26. The van der Waals surface area contributed by atoms with Gasteiger partial charge in [0.15, 0.2) is 0 Å². The zero-order chi connectivity index (χ0) is 18.3. The zero-order valence-electron chi connectivity index (χ0n) is 13.9. The van der Waals surface area contributed by atoms with E-state index < -0.39 is 28.3 Å². The number of para-hydroxylation sites is 1. The van der Waals surface area contributed by atoms with Crippen molar-refractivity contribution in [3.05, 3.63) is 47.6 Å². The summed E-state index contributed by atoms with van der Waals surface area (Å²) in [6.07, 6.45) is 2.81. The molecule has 1 heterocycles. The summed E-state index contributed by atoms with van der Waals surface area (Å²) in [6, 6.07) is 8.57. The van der Waals surface area contributed by atoms with E-state index in [1.165, 1.54) is 30.3 Å². The maximum Gasteiger partial charge on any atom is 0.274 e. The second-order valence-corrected chi connectivity index (χ2v) is 8.49. The van der Waals surface area contributed by atoms with Crippen LogP contribution in [0.3, 0.4) is 0 Å². The van der Waals surface area contributed by atoms with Gasteiger partial charge in [-0.2, -0.15) is 0 Å². The number of amides is 1. The average molecular weight is 384 g/mol. The van der Waals surface area contributed by atoms with Gasteiger partial charge in [-0.25, -0.2) is 12.8 Å². The summed E-state index contributed by atoms with van der Waals surface area (Å²) >= 11 is 1.03. The molecule has 0 fully saturated rings. The van der Waals surface area contributed by atoms with Crippen LogP contribution >= 0.6 is 11.3 Å². The number of unbranched alkanes of at least 4 members (excludes halogenated alkanes) is 2. The van der Waals surface area contributed by atoms with Crippen molar-refractivity contribution >= 4 is 33.0 Å². The van der Waals surface area contributed by atoms with Crippen LogP contribution in [0.4, 0.5) is 10.1 Å². The number of hydrogen-bond donors (Lipinski definition) is 1. The Morgan fingerprint density at radius 1 is 1.20 bits per heavy atom. The highest BCUT2D eigenvalue weighted by Crippen LogP contribution is 2.28. The lowest BCUT2D eigenvalue weighted by molar-refractivity contribution is -0.119. The molecule has 0 aliphatic heterocycles. The van der Waals surface area contributed by atoms with Gasteiger partial charge in [-0.15, -0.1) is 11.3 Å². The number of halogens is 1. The first kappa shape index (κ1) is 19.4. The molecule has 0 atom stereocenters. The number of hydrogen-bond acceptors (Lipinski definition) is 4. The highest BCUT2D eigenvalue weighted by molar-refractivity contribution is 7.94. The van der Waals surface area contributed by atoms with E-state index in [2.05, 4.69) is 12.2 Å². The SMILES string of the molecule is CCCCCNC(=O)CN(c1ccccc1F)S(=O)(=O)c1cccs1. The summed E-state index contributed by atoms with van der Waals surface area (Å²) in [5, 5.41) is 4.31. The van der Waals surface area contributed by atoms with Crippen LogP contribution in [-0.4, -0.2) is 27.4 Å². The Hall–Kier alpha value is -1.93. The van der Waals surface area contributed by atoms with Crippen LogP contribution < -0.4 is 9.62 Å². The van der Waals surface area contributed by atoms with E-state index in [-0.39, 0.29) is 9.90 Å². The second-order valence-electron chi connectivity index (χ2n) is 5.45. The van der Waals surface area contributed by atoms with Gasteiger partial charge in [0.05, 0.1) is 5.69 Å². The molecule has 1 amide bonds. The van der Waals surface area contributed by atoms with Crippen LogP contribution in [0.25, 0.3) is 0 Å². The van der Waals surface area contributed by atoms with E-state index >= 15 is 0 Å². The first-order valence-electron chi connectivity index (χ1n) is 8.04. The molecule has 2 rings (SSSR count). The Morgan fingerprint density at radius 2 is 1.96 bits per heavy atom. The molecular formula is C17H21FN2O3S2. The normalized spacial score (nSPS) is 11.3. The third-order valence-electron chi connectivity index (χ3n) is 3.55. The second kappa shape index (κ2) is 8.96. The fraction of sp³-hybridized carbons (Fsp3) is 0.353. The Kier molecular flexibility index (Phi) is 6.95. The van der Waals surface area contributed by atoms with Gasteiger partial charge in [-0.3, -0.25) is 9.10 Å². The van der Waals surface area contributed by atoms with E-state index in [4.69, 9.17) is 0 Å². The standard InChI is InChI=1S/C17H21FN2O3S2/c1-2-3-6-11-19-16(21)13-20(15-9-5-4-8-14(15)18)25(22,23)17-10-7-12-24-17/h4-5,7-10,12H,2-3,6,11,13H2,1H3,(H,19,21). The number of rotatable bonds is 9. The maximum absolute atomic E-state index is 14.2. The van der Waals surface area contributed by atoms with Crippen molar-refractivity contribution in [2.45, 2.75) is 30.4 Å². The average Bonchev–Trinajstić information content (AvgIpc) is 3.13. The van der Waals surface area contributed by atoms with E-state index in [1.807, 2.05) is 0 Å². The minimum Gasteiger partial charge on any atom is -0.355 e. The Bertz CT molecular complexity index is 792. The molecule has 0 spiro atoms. The maximum atomic E-state index is 14.2. The van der Waals surface area contributed by atoms with Crippen LogP contribution in [-0.2, 0) is 14.8 Å². The van der Waals surface area contributed by atoms with E-state index in [1.54, 1.807) is 11.4 Å². The van der Waals surface area contributed by atoms with Crippen molar-refractivity contribution < 1.29 is 17.6 Å². The topological polar surface area (TPSA) is 66.5 Å². The van der Waals surface area contributed by atoms with Gasteiger partial charge in [0, 0.05) is 6.54 Å². The van der Waals surface area contributed by atoms with Crippen molar-refractivity contribution in [2.24, 2.45) is 0 Å². The lowest BCUT2D eigenvalue weighted by atomic mass is 10.2. The Labute approximate surface area is 151 Å². The van der Waals surface area contributed by atoms with Gasteiger partial charge in [0.2, 0.25) is 5.91 Å². The highest BCUT2D eigenvalue weighted by Gasteiger charge is 2.29. The molecule has 0 radical (unpaired) electrons. The van der Waals surface area contributed by atoms with Crippen LogP contribution in [0.2, 0.25) is 0 Å². The zero-order valence-corrected chi connectivity index (χ0v) is 15.6. The summed E-state index contributed by atoms with van der Waals surface area (Å²) < 4.78 is 40.8. The molecule has 0 aliphatic rings. The number of nitrogens with one attached hydrogen (secondary N) is 1. The Morgan fingerprint density at radius 3 is 2.60 bits per heavy atom. The Balaban J connectivity index is 2.25. The molecule has 1 aromatic carbocycles. The van der Waals surface area contributed by atoms with Crippen molar-refractivity contribution in [2.75, 3.05) is 17.4 Å². The lowest BCUT2D eigenvalue weighted by Crippen LogP contribution is -2.41. The van der Waals surface area contributed by atoms with Gasteiger partial charge < -0.3 is 5.32 Å². The molecule has 0 aliphatic carbocycles. The number of nitrogens with zero attached hydrogens (tertiary/aromatic N) is 1. The smallest absolute Gasteiger partial charge is 0.274 e. The van der Waals surface area contributed by atoms with Crippen molar-refractivity contribution in [1.29, 1.82) is 0 Å². The van der Waals surface area contributed by atoms with Gasteiger partial charge >= 0.3 is 0 Å². The van der Waals surface area contributed by atoms with Crippen molar-refractivity contribution in [3.8, 4) is 0 Å². The minimum atomic E-state index is -4.01. The summed E-state index contributed by atoms with van der Waals surface area (Å²) in [5.41, 5.74) is -0.139. The van der Waals surface area contributed by atoms with Crippen molar-refractivity contribution in [3.63, 3.8) is 0 Å². The van der Waals surface area contributed by atoms with E-state index in [0.717, 1.165) is 34.9 Å². The minimum absolute atomic E-state index is 0.0644. The van der Waals surface area contributed by atoms with Crippen LogP contribution in [0.1, 0.15) is 26.2 Å². The molecule has 25 heavy (non-hydrogen) atoms. The number of carbonyl (C=O) groups is 1. The summed E-state index contributed by atoms with van der Waals surface area (Å²) in [6.45, 7) is 2.06. The monoisotopic (exact) mass is 384 g/mol. The van der Waals surface area contributed by atoms with Crippen molar-refractivity contribution in [1.82, 2.24) is 5.32 Å². The lowest BCUT2D eigenvalue weighted by Gasteiger charge is -2.23.